The van der Waals surface area contributed by atoms with E-state index in [1.54, 1.807) is 34.4 Å². The molecule has 0 bridgehead atoms. The number of halogens is 1. The number of furan rings is 2. The number of nitrogens with zero attached hydrogens (tertiary/aromatic N) is 8. The summed E-state index contributed by atoms with van der Waals surface area (Å²) in [5, 5.41) is 30.6. The van der Waals surface area contributed by atoms with Crippen molar-refractivity contribution >= 4 is 103 Å². The second kappa shape index (κ2) is 28.6. The number of hydrazine groups is 2. The average molecular weight is 1280 g/mol. The number of carbonyl (C=O) groups excluding carboxylic acids is 3. The van der Waals surface area contributed by atoms with Crippen LogP contribution in [-0.4, -0.2) is 69.6 Å². The van der Waals surface area contributed by atoms with Gasteiger partial charge in [-0.2, -0.15) is 10.4 Å². The van der Waals surface area contributed by atoms with Crippen LogP contribution < -0.4 is 38.0 Å². The number of fused-ring (bicyclic) bond motifs is 2. The summed E-state index contributed by atoms with van der Waals surface area (Å²) < 4.78 is 13.0. The van der Waals surface area contributed by atoms with Crippen molar-refractivity contribution in [1.29, 1.82) is 5.26 Å². The number of anilines is 2. The molecule has 10 aromatic rings. The quantitative estimate of drug-likeness (QED) is 0.0169. The fraction of sp³-hybridized carbons (Fsp3) is 0.0952. The number of hydrogen-bond acceptors (Lipinski definition) is 20. The standard InChI is InChI=1S/C21H14N4O3S2.C15H11N3O5.C14H11NOS.C13H12ClN5O/c22-10-15-19(17-7-4-8-28-17)24-21(25-20(15)27)30-11-14(26)9-18-23-16(12-29-18)13-5-2-1-3-6-13;1-9-2-4-10(5-3-9)17-15(20)12(14(19)16-17)8-11-6-7-13(23-11)18(21)22;1-10-6-8-11(9-7-10)15-14(16)12-4-2-3-5-13(12)17-15;14-12-11(7-17-19-13(12)20)18-16-6-8-5-15-10-4-2-1-3-9(8)10/h1-8,12H,9,11H2,(H,24,25,27);2-8H,1H3,(H,16,19);2-9H,1H3;1-7,9-10,16H,(H2,18,19,20)/b;12-8-;;. The molecule has 3 aliphatic rings. The largest absolute Gasteiger partial charge is 0.463 e. The van der Waals surface area contributed by atoms with Crippen molar-refractivity contribution in [3.8, 4) is 34.5 Å². The third kappa shape index (κ3) is 15.0. The SMILES string of the molecule is Cc1ccc(-n2sc3ccccc3c2=O)cc1.Cc1ccc(N2NC(=O)/C(=C/c3ccc([N+](=O)[O-])o3)C2=O)cc1.N#Cc1c(-c2ccco2)nc(SCC(=O)Cc2nc(-c3ccccc3)cs2)[nH]c1=O.O=c1[nH]ncc(NNC=C2C=NC3C=CC=CC23)c1Cl. The fourth-order valence-corrected chi connectivity index (χ4v) is 11.4. The van der Waals surface area contributed by atoms with Crippen LogP contribution in [0.2, 0.25) is 5.02 Å². The summed E-state index contributed by atoms with van der Waals surface area (Å²) in [5.41, 5.74) is 14.1. The molecule has 1 aliphatic carbocycles. The number of carbonyl (C=O) groups is 3. The molecule has 27 heteroatoms. The Morgan fingerprint density at radius 3 is 2.33 bits per heavy atom. The van der Waals surface area contributed by atoms with Crippen LogP contribution in [0.15, 0.2) is 220 Å². The molecule has 2 atom stereocenters. The molecule has 6 aromatic heterocycles. The summed E-state index contributed by atoms with van der Waals surface area (Å²) in [6.45, 7) is 3.95. The summed E-state index contributed by atoms with van der Waals surface area (Å²) >= 11 is 9.88. The zero-order valence-electron chi connectivity index (χ0n) is 47.2. The van der Waals surface area contributed by atoms with E-state index < -0.39 is 33.7 Å². The summed E-state index contributed by atoms with van der Waals surface area (Å²) in [5.74, 6) is -0.914. The molecule has 90 heavy (non-hydrogen) atoms. The van der Waals surface area contributed by atoms with Crippen molar-refractivity contribution in [3.05, 3.63) is 261 Å². The highest BCUT2D eigenvalue weighted by molar-refractivity contribution is 7.99. The van der Waals surface area contributed by atoms with E-state index in [4.69, 9.17) is 20.4 Å². The first kappa shape index (κ1) is 62.0. The average Bonchev–Trinajstić information content (AvgIpc) is 2.14. The van der Waals surface area contributed by atoms with E-state index in [0.29, 0.717) is 17.1 Å². The van der Waals surface area contributed by atoms with Gasteiger partial charge in [0.2, 0.25) is 0 Å². The maximum atomic E-state index is 12.4. The fourth-order valence-electron chi connectivity index (χ4n) is 8.74. The molecule has 2 aliphatic heterocycles. The lowest BCUT2D eigenvalue weighted by molar-refractivity contribution is -0.402. The zero-order valence-corrected chi connectivity index (χ0v) is 50.4. The van der Waals surface area contributed by atoms with Crippen molar-refractivity contribution in [2.24, 2.45) is 10.9 Å². The Kier molecular flexibility index (Phi) is 19.7. The number of aryl methyl sites for hydroxylation is 2. The predicted molar refractivity (Wildman–Crippen MR) is 345 cm³/mol. The lowest BCUT2D eigenvalue weighted by Crippen LogP contribution is -2.35. The monoisotopic (exact) mass is 1280 g/mol. The lowest BCUT2D eigenvalue weighted by atomic mass is 9.92. The highest BCUT2D eigenvalue weighted by Gasteiger charge is 2.35. The summed E-state index contributed by atoms with van der Waals surface area (Å²) in [6, 6.07) is 40.3. The van der Waals surface area contributed by atoms with E-state index >= 15 is 0 Å². The number of nitro groups is 1. The molecule has 2 unspecified atom stereocenters. The molecule has 0 spiro atoms. The minimum absolute atomic E-state index is 0.0412. The maximum absolute atomic E-state index is 12.4. The number of amides is 2. The third-order valence-corrected chi connectivity index (χ3v) is 16.5. The molecule has 4 aromatic carbocycles. The number of nitrogens with one attached hydrogen (secondary N) is 5. The molecule has 5 N–H and O–H groups in total. The maximum Gasteiger partial charge on any atom is 0.433 e. The van der Waals surface area contributed by atoms with Crippen LogP contribution in [0.4, 0.5) is 17.3 Å². The molecule has 8 heterocycles. The lowest BCUT2D eigenvalue weighted by Gasteiger charge is -2.15. The number of thioether (sulfide) groups is 1. The van der Waals surface area contributed by atoms with Gasteiger partial charge in [-0.3, -0.25) is 54.7 Å². The molecule has 23 nitrogen and oxygen atoms in total. The number of ketones is 1. The van der Waals surface area contributed by atoms with Crippen LogP contribution in [0.3, 0.4) is 0 Å². The van der Waals surface area contributed by atoms with Crippen molar-refractivity contribution in [3.63, 3.8) is 0 Å². The van der Waals surface area contributed by atoms with Crippen LogP contribution >= 0.6 is 46.2 Å². The molecular weight excluding hydrogens is 1230 g/mol. The smallest absolute Gasteiger partial charge is 0.433 e. The van der Waals surface area contributed by atoms with Gasteiger partial charge in [0.1, 0.15) is 49.4 Å². The molecular formula is C63H48ClN13O10S3. The molecule has 1 saturated heterocycles. The summed E-state index contributed by atoms with van der Waals surface area (Å²) in [7, 11) is 0. The number of aromatic amines is 2. The number of aromatic nitrogens is 6. The number of H-pyrrole nitrogens is 2. The number of benzene rings is 4. The van der Waals surface area contributed by atoms with Crippen molar-refractivity contribution < 1.29 is 28.1 Å². The molecule has 1 fully saturated rings. The van der Waals surface area contributed by atoms with Crippen LogP contribution in [0.1, 0.15) is 27.5 Å². The third-order valence-electron chi connectivity index (χ3n) is 13.3. The van der Waals surface area contributed by atoms with Gasteiger partial charge in [0, 0.05) is 29.3 Å². The van der Waals surface area contributed by atoms with E-state index in [1.807, 2.05) is 135 Å². The Balaban J connectivity index is 0.000000135. The van der Waals surface area contributed by atoms with Crippen LogP contribution in [-0.2, 0) is 20.8 Å². The number of rotatable bonds is 14. The summed E-state index contributed by atoms with van der Waals surface area (Å²) in [6.07, 6.45) is 16.1. The number of thiazole rings is 1. The first-order chi connectivity index (χ1) is 43.6. The molecule has 0 saturated carbocycles. The van der Waals surface area contributed by atoms with E-state index in [1.165, 1.54) is 53.0 Å². The minimum atomic E-state index is -0.697. The Hall–Kier alpha value is -11.1. The van der Waals surface area contributed by atoms with Gasteiger partial charge in [-0.15, -0.1) is 11.3 Å². The van der Waals surface area contributed by atoms with Crippen molar-refractivity contribution in [2.75, 3.05) is 16.2 Å². The first-order valence-corrected chi connectivity index (χ1v) is 30.0. The number of allylic oxidation sites excluding steroid dienone is 2. The number of nitriles is 1. The van der Waals surface area contributed by atoms with Gasteiger partial charge in [-0.1, -0.05) is 137 Å². The second-order valence-electron chi connectivity index (χ2n) is 19.5. The highest BCUT2D eigenvalue weighted by Crippen LogP contribution is 2.29. The summed E-state index contributed by atoms with van der Waals surface area (Å²) in [4.78, 5) is 98.0. The van der Waals surface area contributed by atoms with Crippen molar-refractivity contribution in [1.82, 2.24) is 40.0 Å². The Labute approximate surface area is 527 Å². The van der Waals surface area contributed by atoms with Gasteiger partial charge in [-0.25, -0.2) is 24.0 Å². The molecule has 0 radical (unpaired) electrons. The topological polar surface area (TPSA) is 322 Å². The van der Waals surface area contributed by atoms with Gasteiger partial charge in [0.15, 0.2) is 10.9 Å². The van der Waals surface area contributed by atoms with E-state index in [9.17, 15) is 44.1 Å². The van der Waals surface area contributed by atoms with E-state index in [2.05, 4.69) is 58.6 Å². The van der Waals surface area contributed by atoms with Crippen LogP contribution in [0.5, 0.6) is 0 Å². The van der Waals surface area contributed by atoms with Gasteiger partial charge < -0.3 is 19.2 Å². The van der Waals surface area contributed by atoms with Gasteiger partial charge >= 0.3 is 5.88 Å². The number of Topliss-reactive ketones (excluding diaryl/α,β-unsaturated/α-hetero) is 1. The van der Waals surface area contributed by atoms with E-state index in [-0.39, 0.29) is 68.2 Å². The van der Waals surface area contributed by atoms with E-state index in [0.717, 1.165) is 66.0 Å². The van der Waals surface area contributed by atoms with Crippen LogP contribution in [0.25, 0.3) is 44.6 Å². The van der Waals surface area contributed by atoms with Gasteiger partial charge in [-0.05, 0) is 80.1 Å². The Morgan fingerprint density at radius 1 is 0.889 bits per heavy atom. The van der Waals surface area contributed by atoms with Crippen molar-refractivity contribution in [2.45, 2.75) is 31.5 Å². The molecule has 13 rings (SSSR count). The number of aliphatic imine (C=N–C) groups is 1. The number of hydrogen-bond donors (Lipinski definition) is 5. The minimum Gasteiger partial charge on any atom is -0.463 e. The molecule has 2 amide bonds. The zero-order chi connectivity index (χ0) is 63.3. The normalized spacial score (nSPS) is 15.2. The Bertz CT molecular complexity index is 4690. The Morgan fingerprint density at radius 2 is 1.62 bits per heavy atom. The van der Waals surface area contributed by atoms with Crippen LogP contribution in [0, 0.1) is 41.2 Å². The first-order valence-electron chi connectivity index (χ1n) is 27.0. The molecule has 450 valence electrons. The highest BCUT2D eigenvalue weighted by atomic mass is 35.5. The van der Waals surface area contributed by atoms with Gasteiger partial charge in [0.25, 0.3) is 28.5 Å². The second-order valence-corrected chi connectivity index (χ2v) is 22.8. The van der Waals surface area contributed by atoms with Gasteiger partial charge in [0.05, 0.1) is 69.6 Å². The predicted octanol–water partition coefficient (Wildman–Crippen LogP) is 10.7.